The highest BCUT2D eigenvalue weighted by Gasteiger charge is 2.22. The summed E-state index contributed by atoms with van der Waals surface area (Å²) in [6, 6.07) is -0.182. The van der Waals surface area contributed by atoms with Gasteiger partial charge in [0.05, 0.1) is 4.92 Å². The van der Waals surface area contributed by atoms with Gasteiger partial charge in [-0.3, -0.25) is 20.2 Å². The van der Waals surface area contributed by atoms with E-state index in [1.165, 1.54) is 0 Å². The summed E-state index contributed by atoms with van der Waals surface area (Å²) < 4.78 is 0. The van der Waals surface area contributed by atoms with Gasteiger partial charge < -0.3 is 10.6 Å². The Morgan fingerprint density at radius 1 is 1.31 bits per heavy atom. The molecule has 2 atom stereocenters. The molecule has 0 aromatic carbocycles. The van der Waals surface area contributed by atoms with Crippen molar-refractivity contribution in [3.63, 3.8) is 0 Å². The van der Waals surface area contributed by atoms with Gasteiger partial charge >= 0.3 is 0 Å². The molecule has 0 aromatic rings. The third-order valence-electron chi connectivity index (χ3n) is 4.68. The van der Waals surface area contributed by atoms with Gasteiger partial charge in [-0.05, 0) is 45.2 Å². The van der Waals surface area contributed by atoms with E-state index in [4.69, 9.17) is 0 Å². The highest BCUT2D eigenvalue weighted by molar-refractivity contribution is 5.04. The van der Waals surface area contributed by atoms with E-state index in [0.717, 1.165) is 44.5 Å². The van der Waals surface area contributed by atoms with Crippen molar-refractivity contribution in [1.29, 1.82) is 0 Å². The molecule has 0 saturated carbocycles. The summed E-state index contributed by atoms with van der Waals surface area (Å²) in [5.74, 6) is 0. The molecule has 0 aliphatic heterocycles. The molecule has 0 fully saturated rings. The lowest BCUT2D eigenvalue weighted by atomic mass is 10.00. The zero-order valence-electron chi connectivity index (χ0n) is 15.9. The van der Waals surface area contributed by atoms with Crippen LogP contribution in [0.5, 0.6) is 0 Å². The van der Waals surface area contributed by atoms with Crippen LogP contribution in [-0.2, 0) is 0 Å². The summed E-state index contributed by atoms with van der Waals surface area (Å²) in [6.45, 7) is 5.64. The second-order valence-corrected chi connectivity index (χ2v) is 6.83. The average Bonchev–Trinajstić information content (AvgIpc) is 2.61. The van der Waals surface area contributed by atoms with Gasteiger partial charge in [0.1, 0.15) is 0 Å². The molecule has 0 radical (unpaired) electrons. The van der Waals surface area contributed by atoms with Gasteiger partial charge in [-0.2, -0.15) is 0 Å². The van der Waals surface area contributed by atoms with Gasteiger partial charge in [0.25, 0.3) is 0 Å². The number of rotatable bonds is 13. The summed E-state index contributed by atoms with van der Waals surface area (Å²) in [5, 5.41) is 28.2. The predicted molar refractivity (Wildman–Crippen MR) is 102 cm³/mol. The first-order valence-corrected chi connectivity index (χ1v) is 9.57. The topological polar surface area (TPSA) is 110 Å². The lowest BCUT2D eigenvalue weighted by molar-refractivity contribution is -0.523. The third kappa shape index (κ3) is 8.94. The Morgan fingerprint density at radius 3 is 2.62 bits per heavy atom. The maximum atomic E-state index is 10.7. The van der Waals surface area contributed by atoms with Crippen molar-refractivity contribution in [3.05, 3.63) is 43.8 Å². The summed E-state index contributed by atoms with van der Waals surface area (Å²) in [5.41, 5.74) is 1.42. The molecule has 1 aliphatic rings. The fraction of sp³-hybridized carbons (Fsp3) is 0.778. The maximum absolute atomic E-state index is 10.7. The molecule has 2 unspecified atom stereocenters. The minimum Gasteiger partial charge on any atom is -0.389 e. The Bertz CT molecular complexity index is 519. The first-order valence-electron chi connectivity index (χ1n) is 9.57. The van der Waals surface area contributed by atoms with E-state index in [2.05, 4.69) is 10.6 Å². The highest BCUT2D eigenvalue weighted by Crippen LogP contribution is 2.18. The lowest BCUT2D eigenvalue weighted by Crippen LogP contribution is -2.27. The highest BCUT2D eigenvalue weighted by atomic mass is 16.6. The number of unbranched alkanes of at least 4 members (excludes halogenated alkanes) is 2. The first kappa shape index (κ1) is 22.1. The predicted octanol–water partition coefficient (Wildman–Crippen LogP) is 3.40. The molecular formula is C18H32N4O4. The largest absolute Gasteiger partial charge is 0.389 e. The van der Waals surface area contributed by atoms with Crippen LogP contribution in [0.1, 0.15) is 65.2 Å². The van der Waals surface area contributed by atoms with Gasteiger partial charge in [-0.15, -0.1) is 0 Å². The van der Waals surface area contributed by atoms with E-state index in [1.54, 1.807) is 13.0 Å². The van der Waals surface area contributed by atoms with E-state index in [0.29, 0.717) is 25.7 Å². The number of allylic oxidation sites excluding steroid dienone is 2. The molecule has 148 valence electrons. The minimum absolute atomic E-state index is 0.183. The number of nitrogens with zero attached hydrogens (tertiary/aromatic N) is 2. The Hall–Kier alpha value is -1.96. The number of hydrogen-bond donors (Lipinski definition) is 2. The van der Waals surface area contributed by atoms with Crippen molar-refractivity contribution < 1.29 is 9.85 Å². The molecule has 0 saturated heterocycles. The van der Waals surface area contributed by atoms with Crippen LogP contribution in [0, 0.1) is 20.2 Å². The molecular weight excluding hydrogens is 336 g/mol. The quantitative estimate of drug-likeness (QED) is 0.293. The van der Waals surface area contributed by atoms with Crippen molar-refractivity contribution in [3.8, 4) is 0 Å². The normalized spacial score (nSPS) is 18.9. The standard InChI is InChI=1S/C18H32N4O4/c1-3-17(21(23)24)10-7-15(2)19-13-5-4-6-14-20-16-8-11-18(12-9-16)22(25)26/h8,10,15,18-20H,3-7,9,11-14H2,1-2H3/b17-10+. The summed E-state index contributed by atoms with van der Waals surface area (Å²) in [7, 11) is 0. The molecule has 0 bridgehead atoms. The van der Waals surface area contributed by atoms with Crippen molar-refractivity contribution >= 4 is 0 Å². The van der Waals surface area contributed by atoms with Gasteiger partial charge in [-0.25, -0.2) is 0 Å². The molecule has 2 N–H and O–H groups in total. The van der Waals surface area contributed by atoms with Gasteiger partial charge in [0, 0.05) is 42.5 Å². The first-order chi connectivity index (χ1) is 12.4. The molecule has 8 heteroatoms. The number of hydrogen-bond acceptors (Lipinski definition) is 6. The summed E-state index contributed by atoms with van der Waals surface area (Å²) in [6.07, 6.45) is 9.94. The molecule has 0 spiro atoms. The molecule has 0 aromatic heterocycles. The second kappa shape index (κ2) is 12.4. The number of nitrogens with one attached hydrogen (secondary N) is 2. The average molecular weight is 368 g/mol. The van der Waals surface area contributed by atoms with Crippen LogP contribution in [0.25, 0.3) is 0 Å². The minimum atomic E-state index is -0.415. The molecule has 8 nitrogen and oxygen atoms in total. The van der Waals surface area contributed by atoms with Crippen LogP contribution in [0.2, 0.25) is 0 Å². The van der Waals surface area contributed by atoms with Crippen LogP contribution in [0.15, 0.2) is 23.5 Å². The van der Waals surface area contributed by atoms with Crippen LogP contribution in [-0.4, -0.2) is 35.0 Å². The fourth-order valence-electron chi connectivity index (χ4n) is 2.94. The van der Waals surface area contributed by atoms with Crippen LogP contribution in [0.4, 0.5) is 0 Å². The van der Waals surface area contributed by atoms with Gasteiger partial charge in [0.2, 0.25) is 11.7 Å². The molecule has 1 rings (SSSR count). The van der Waals surface area contributed by atoms with Gasteiger partial charge in [0.15, 0.2) is 0 Å². The maximum Gasteiger partial charge on any atom is 0.242 e. The van der Waals surface area contributed by atoms with Crippen molar-refractivity contribution in [1.82, 2.24) is 10.6 Å². The van der Waals surface area contributed by atoms with Crippen molar-refractivity contribution in [2.45, 2.75) is 77.3 Å². The Kier molecular flexibility index (Phi) is 10.5. The summed E-state index contributed by atoms with van der Waals surface area (Å²) in [4.78, 5) is 21.0. The Morgan fingerprint density at radius 2 is 2.04 bits per heavy atom. The van der Waals surface area contributed by atoms with Gasteiger partial charge in [-0.1, -0.05) is 19.4 Å². The third-order valence-corrected chi connectivity index (χ3v) is 4.68. The van der Waals surface area contributed by atoms with E-state index in [1.807, 2.05) is 13.0 Å². The summed E-state index contributed by atoms with van der Waals surface area (Å²) >= 11 is 0. The molecule has 0 heterocycles. The lowest BCUT2D eigenvalue weighted by Gasteiger charge is -2.17. The molecule has 0 amide bonds. The van der Waals surface area contributed by atoms with E-state index < -0.39 is 6.04 Å². The molecule has 1 aliphatic carbocycles. The zero-order valence-corrected chi connectivity index (χ0v) is 15.9. The van der Waals surface area contributed by atoms with E-state index >= 15 is 0 Å². The van der Waals surface area contributed by atoms with Crippen molar-refractivity contribution in [2.75, 3.05) is 13.1 Å². The van der Waals surface area contributed by atoms with Crippen LogP contribution >= 0.6 is 0 Å². The van der Waals surface area contributed by atoms with Crippen molar-refractivity contribution in [2.24, 2.45) is 0 Å². The van der Waals surface area contributed by atoms with E-state index in [-0.39, 0.29) is 21.6 Å². The Labute approximate surface area is 155 Å². The second-order valence-electron chi connectivity index (χ2n) is 6.83. The fourth-order valence-corrected chi connectivity index (χ4v) is 2.94. The van der Waals surface area contributed by atoms with Crippen LogP contribution in [0.3, 0.4) is 0 Å². The zero-order chi connectivity index (χ0) is 19.4. The molecule has 26 heavy (non-hydrogen) atoms. The van der Waals surface area contributed by atoms with E-state index in [9.17, 15) is 20.2 Å². The monoisotopic (exact) mass is 368 g/mol. The van der Waals surface area contributed by atoms with Crippen LogP contribution < -0.4 is 10.6 Å². The Balaban J connectivity index is 2.04. The number of nitro groups is 2. The smallest absolute Gasteiger partial charge is 0.242 e. The SMILES string of the molecule is CC/C(=C\CC(C)NCCCCCNC1=CCC([N+](=O)[O-])CC1)[N+](=O)[O-].